The molecule has 0 aliphatic carbocycles. The van der Waals surface area contributed by atoms with Gasteiger partial charge in [-0.05, 0) is 0 Å². The first-order valence-electron chi connectivity index (χ1n) is 3.31. The zero-order valence-electron chi connectivity index (χ0n) is 6.50. The first kappa shape index (κ1) is 7.89. The largest absolute Gasteiger partial charge is 0.329 e. The summed E-state index contributed by atoms with van der Waals surface area (Å²) in [5, 5.41) is 23.6. The predicted molar refractivity (Wildman–Crippen MR) is 37.0 cm³/mol. The second-order valence-corrected chi connectivity index (χ2v) is 2.07. The van der Waals surface area contributed by atoms with Crippen LogP contribution in [0.4, 0.5) is 0 Å². The Hall–Kier alpha value is -2.74. The molecule has 66 valence electrons. The van der Waals surface area contributed by atoms with Crippen LogP contribution in [0.5, 0.6) is 0 Å². The third-order valence-corrected chi connectivity index (χ3v) is 1.24. The second kappa shape index (κ2) is 2.95. The van der Waals surface area contributed by atoms with Gasteiger partial charge in [-0.15, -0.1) is 0 Å². The molecule has 0 spiro atoms. The van der Waals surface area contributed by atoms with E-state index in [2.05, 4.69) is 29.3 Å². The molecular formula is C6N6O2. The van der Waals surface area contributed by atoms with Crippen molar-refractivity contribution in [2.75, 3.05) is 0 Å². The van der Waals surface area contributed by atoms with E-state index in [4.69, 9.17) is 10.5 Å². The molecule has 0 N–H and O–H groups in total. The molecule has 0 saturated carbocycles. The van der Waals surface area contributed by atoms with Gasteiger partial charge in [-0.3, -0.25) is 0 Å². The Kier molecular flexibility index (Phi) is 1.66. The van der Waals surface area contributed by atoms with E-state index in [-0.39, 0.29) is 23.4 Å². The van der Waals surface area contributed by atoms with Gasteiger partial charge in [0.1, 0.15) is 0 Å². The third kappa shape index (κ3) is 1.17. The molecule has 14 heavy (non-hydrogen) atoms. The fourth-order valence-electron chi connectivity index (χ4n) is 0.719. The second-order valence-electron chi connectivity index (χ2n) is 2.07. The van der Waals surface area contributed by atoms with Gasteiger partial charge in [0, 0.05) is 0 Å². The van der Waals surface area contributed by atoms with E-state index in [0.717, 1.165) is 0 Å². The van der Waals surface area contributed by atoms with Gasteiger partial charge in [0.15, 0.2) is 12.1 Å². The third-order valence-electron chi connectivity index (χ3n) is 1.24. The molecule has 0 radical (unpaired) electrons. The molecule has 0 fully saturated rings. The van der Waals surface area contributed by atoms with Crippen LogP contribution in [0.25, 0.3) is 11.6 Å². The minimum Gasteiger partial charge on any atom is -0.322 e. The molecule has 8 heteroatoms. The van der Waals surface area contributed by atoms with Gasteiger partial charge in [0.05, 0.1) is 0 Å². The van der Waals surface area contributed by atoms with Crippen LogP contribution in [-0.4, -0.2) is 20.3 Å². The quantitative estimate of drug-likeness (QED) is 0.605. The first-order chi connectivity index (χ1) is 6.83. The number of rotatable bonds is 1. The minimum absolute atomic E-state index is 0.00630. The van der Waals surface area contributed by atoms with E-state index in [0.29, 0.717) is 0 Å². The first-order valence-corrected chi connectivity index (χ1v) is 3.31. The van der Waals surface area contributed by atoms with Crippen molar-refractivity contribution in [3.63, 3.8) is 0 Å². The van der Waals surface area contributed by atoms with Gasteiger partial charge in [-0.25, -0.2) is 0 Å². The Bertz CT molecular complexity index is 491. The summed E-state index contributed by atoms with van der Waals surface area (Å²) in [4.78, 5) is 7.23. The summed E-state index contributed by atoms with van der Waals surface area (Å²) in [5.74, 6) is -0.398. The summed E-state index contributed by atoms with van der Waals surface area (Å²) in [6.45, 7) is 0. The molecule has 0 unspecified atom stereocenters. The summed E-state index contributed by atoms with van der Waals surface area (Å²) < 4.78 is 8.97. The molecule has 2 aromatic rings. The van der Waals surface area contributed by atoms with Crippen LogP contribution in [0.3, 0.4) is 0 Å². The van der Waals surface area contributed by atoms with Gasteiger partial charge in [-0.1, -0.05) is 10.3 Å². The van der Waals surface area contributed by atoms with Crippen molar-refractivity contribution in [3.8, 4) is 23.8 Å². The maximum absolute atomic E-state index is 8.39. The standard InChI is InChI=1S/C6N6O2/c7-1-3-9-5(11-13-3)6-10-4(2-8)14-12-6. The summed E-state index contributed by atoms with van der Waals surface area (Å²) >= 11 is 0. The van der Waals surface area contributed by atoms with E-state index >= 15 is 0 Å². The van der Waals surface area contributed by atoms with Crippen molar-refractivity contribution in [2.45, 2.75) is 0 Å². The monoisotopic (exact) mass is 188 g/mol. The zero-order chi connectivity index (χ0) is 9.97. The lowest BCUT2D eigenvalue weighted by Crippen LogP contribution is -1.83. The molecular weight excluding hydrogens is 188 g/mol. The van der Waals surface area contributed by atoms with E-state index < -0.39 is 0 Å². The Balaban J connectivity index is 2.41. The Morgan fingerprint density at radius 1 is 0.857 bits per heavy atom. The average Bonchev–Trinajstić information content (AvgIpc) is 2.86. The van der Waals surface area contributed by atoms with Gasteiger partial charge in [0.2, 0.25) is 11.6 Å². The number of aromatic nitrogens is 4. The lowest BCUT2D eigenvalue weighted by molar-refractivity contribution is 0.401. The van der Waals surface area contributed by atoms with Crippen molar-refractivity contribution in [3.05, 3.63) is 11.8 Å². The van der Waals surface area contributed by atoms with Gasteiger partial charge >= 0.3 is 11.8 Å². The van der Waals surface area contributed by atoms with Crippen molar-refractivity contribution in [1.29, 1.82) is 10.5 Å². The van der Waals surface area contributed by atoms with Crippen LogP contribution in [-0.2, 0) is 0 Å². The number of nitrogens with zero attached hydrogens (tertiary/aromatic N) is 6. The molecule has 2 rings (SSSR count). The average molecular weight is 188 g/mol. The highest BCUT2D eigenvalue weighted by molar-refractivity contribution is 5.41. The summed E-state index contributed by atoms with van der Waals surface area (Å²) in [6.07, 6.45) is 0. The molecule has 0 aliphatic rings. The molecule has 8 nitrogen and oxygen atoms in total. The van der Waals surface area contributed by atoms with Crippen LogP contribution in [0, 0.1) is 22.7 Å². The molecule has 0 aromatic carbocycles. The number of hydrogen-bond donors (Lipinski definition) is 0. The summed E-state index contributed by atoms with van der Waals surface area (Å²) in [6, 6.07) is 3.29. The van der Waals surface area contributed by atoms with Gasteiger partial charge in [-0.2, -0.15) is 20.5 Å². The fraction of sp³-hybridized carbons (Fsp3) is 0. The van der Waals surface area contributed by atoms with E-state index in [1.54, 1.807) is 12.1 Å². The zero-order valence-corrected chi connectivity index (χ0v) is 6.50. The summed E-state index contributed by atoms with van der Waals surface area (Å²) in [7, 11) is 0. The van der Waals surface area contributed by atoms with Crippen LogP contribution in [0.1, 0.15) is 11.8 Å². The molecule has 0 bridgehead atoms. The Morgan fingerprint density at radius 3 is 1.57 bits per heavy atom. The SMILES string of the molecule is N#Cc1nc(-c2noc(C#N)n2)no1. The maximum atomic E-state index is 8.39. The molecule has 0 aliphatic heterocycles. The molecule has 2 aromatic heterocycles. The Morgan fingerprint density at radius 2 is 1.29 bits per heavy atom. The lowest BCUT2D eigenvalue weighted by Gasteiger charge is -1.75. The highest BCUT2D eigenvalue weighted by Gasteiger charge is 2.14. The highest BCUT2D eigenvalue weighted by atomic mass is 16.5. The maximum Gasteiger partial charge on any atom is 0.329 e. The van der Waals surface area contributed by atoms with E-state index in [9.17, 15) is 0 Å². The smallest absolute Gasteiger partial charge is 0.322 e. The van der Waals surface area contributed by atoms with Crippen molar-refractivity contribution >= 4 is 0 Å². The van der Waals surface area contributed by atoms with Gasteiger partial charge < -0.3 is 9.05 Å². The van der Waals surface area contributed by atoms with Crippen molar-refractivity contribution < 1.29 is 9.05 Å². The van der Waals surface area contributed by atoms with Crippen LogP contribution >= 0.6 is 0 Å². The van der Waals surface area contributed by atoms with Crippen molar-refractivity contribution in [1.82, 2.24) is 20.3 Å². The van der Waals surface area contributed by atoms with Crippen LogP contribution in [0.15, 0.2) is 9.05 Å². The summed E-state index contributed by atoms with van der Waals surface area (Å²) in [5.41, 5.74) is 0. The predicted octanol–water partition coefficient (Wildman–Crippen LogP) is -0.137. The number of hydrogen-bond acceptors (Lipinski definition) is 8. The van der Waals surface area contributed by atoms with Crippen LogP contribution < -0.4 is 0 Å². The van der Waals surface area contributed by atoms with Gasteiger partial charge in [0.25, 0.3) is 0 Å². The molecule has 0 amide bonds. The molecule has 0 saturated heterocycles. The van der Waals surface area contributed by atoms with E-state index in [1.807, 2.05) is 0 Å². The lowest BCUT2D eigenvalue weighted by atomic mass is 10.6. The van der Waals surface area contributed by atoms with Crippen LogP contribution in [0.2, 0.25) is 0 Å². The minimum atomic E-state index is -0.205. The highest BCUT2D eigenvalue weighted by Crippen LogP contribution is 2.10. The van der Waals surface area contributed by atoms with E-state index in [1.165, 1.54) is 0 Å². The Labute approximate surface area is 76.4 Å². The normalized spacial score (nSPS) is 9.29. The topological polar surface area (TPSA) is 125 Å². The molecule has 2 heterocycles. The fourth-order valence-corrected chi connectivity index (χ4v) is 0.719. The van der Waals surface area contributed by atoms with Crippen molar-refractivity contribution in [2.24, 2.45) is 0 Å². The number of nitriles is 2. The molecule has 0 atom stereocenters.